The van der Waals surface area contributed by atoms with Gasteiger partial charge in [-0.25, -0.2) is 0 Å². The Morgan fingerprint density at radius 1 is 1.47 bits per heavy atom. The highest BCUT2D eigenvalue weighted by Gasteiger charge is 2.08. The molecule has 0 saturated heterocycles. The summed E-state index contributed by atoms with van der Waals surface area (Å²) in [7, 11) is 2.10. The van der Waals surface area contributed by atoms with Gasteiger partial charge in [0.2, 0.25) is 0 Å². The van der Waals surface area contributed by atoms with Crippen LogP contribution in [0.4, 0.5) is 5.69 Å². The van der Waals surface area contributed by atoms with Crippen molar-refractivity contribution in [2.24, 2.45) is 11.7 Å². The van der Waals surface area contributed by atoms with Crippen LogP contribution in [0.1, 0.15) is 25.8 Å². The smallest absolute Gasteiger partial charge is 0.104 e. The molecule has 0 aromatic heterocycles. The van der Waals surface area contributed by atoms with Crippen LogP contribution < -0.4 is 10.6 Å². The van der Waals surface area contributed by atoms with Gasteiger partial charge in [-0.3, -0.25) is 0 Å². The van der Waals surface area contributed by atoms with Crippen molar-refractivity contribution in [3.8, 4) is 0 Å². The van der Waals surface area contributed by atoms with Gasteiger partial charge in [0.25, 0.3) is 0 Å². The lowest BCUT2D eigenvalue weighted by atomic mass is 10.1. The van der Waals surface area contributed by atoms with Crippen LogP contribution in [0.25, 0.3) is 0 Å². The molecular formula is C13H19BrN2S. The van der Waals surface area contributed by atoms with E-state index in [0.717, 1.165) is 16.6 Å². The molecule has 0 spiro atoms. The summed E-state index contributed by atoms with van der Waals surface area (Å²) in [6.45, 7) is 5.51. The van der Waals surface area contributed by atoms with Gasteiger partial charge in [0, 0.05) is 23.6 Å². The van der Waals surface area contributed by atoms with Crippen LogP contribution in [0.3, 0.4) is 0 Å². The normalized spacial score (nSPS) is 10.6. The third-order valence-electron chi connectivity index (χ3n) is 2.69. The van der Waals surface area contributed by atoms with Gasteiger partial charge in [0.05, 0.1) is 5.69 Å². The highest BCUT2D eigenvalue weighted by atomic mass is 79.9. The van der Waals surface area contributed by atoms with E-state index in [4.69, 9.17) is 18.0 Å². The maximum absolute atomic E-state index is 5.60. The van der Waals surface area contributed by atoms with E-state index in [1.54, 1.807) is 0 Å². The van der Waals surface area contributed by atoms with Crippen molar-refractivity contribution < 1.29 is 0 Å². The topological polar surface area (TPSA) is 29.3 Å². The summed E-state index contributed by atoms with van der Waals surface area (Å²) in [5, 5.41) is 0. The van der Waals surface area contributed by atoms with Crippen molar-refractivity contribution >= 4 is 38.8 Å². The SMILES string of the molecule is CC(C)CCN(C)c1ccc(C(N)=S)cc1Br. The van der Waals surface area contributed by atoms with E-state index < -0.39 is 0 Å². The Hall–Kier alpha value is -0.610. The number of hydrogen-bond acceptors (Lipinski definition) is 2. The average molecular weight is 315 g/mol. The van der Waals surface area contributed by atoms with Crippen LogP contribution >= 0.6 is 28.1 Å². The van der Waals surface area contributed by atoms with E-state index in [9.17, 15) is 0 Å². The number of thiocarbonyl (C=S) groups is 1. The van der Waals surface area contributed by atoms with Crippen LogP contribution in [0, 0.1) is 5.92 Å². The van der Waals surface area contributed by atoms with Crippen molar-refractivity contribution in [2.75, 3.05) is 18.5 Å². The zero-order chi connectivity index (χ0) is 13.0. The standard InChI is InChI=1S/C13H19BrN2S/c1-9(2)6-7-16(3)12-5-4-10(13(15)17)8-11(12)14/h4-5,8-9H,6-7H2,1-3H3,(H2,15,17). The zero-order valence-corrected chi connectivity index (χ0v) is 12.9. The molecule has 0 atom stereocenters. The summed E-state index contributed by atoms with van der Waals surface area (Å²) in [6, 6.07) is 6.00. The number of rotatable bonds is 5. The quantitative estimate of drug-likeness (QED) is 0.842. The van der Waals surface area contributed by atoms with E-state index in [2.05, 4.69) is 47.8 Å². The molecule has 2 N–H and O–H groups in total. The lowest BCUT2D eigenvalue weighted by Gasteiger charge is -2.22. The Kier molecular flexibility index (Phi) is 5.40. The number of nitrogens with zero attached hydrogens (tertiary/aromatic N) is 1. The Morgan fingerprint density at radius 3 is 2.59 bits per heavy atom. The molecule has 0 aliphatic heterocycles. The molecule has 2 nitrogen and oxygen atoms in total. The molecule has 94 valence electrons. The molecule has 4 heteroatoms. The second kappa shape index (κ2) is 6.36. The van der Waals surface area contributed by atoms with E-state index in [1.807, 2.05) is 12.1 Å². The molecule has 0 radical (unpaired) electrons. The predicted octanol–water partition coefficient (Wildman–Crippen LogP) is 3.57. The van der Waals surface area contributed by atoms with E-state index in [0.29, 0.717) is 10.9 Å². The molecule has 1 rings (SSSR count). The van der Waals surface area contributed by atoms with Crippen LogP contribution in [0.15, 0.2) is 22.7 Å². The summed E-state index contributed by atoms with van der Waals surface area (Å²) < 4.78 is 1.04. The van der Waals surface area contributed by atoms with Crippen LogP contribution in [-0.4, -0.2) is 18.6 Å². The highest BCUT2D eigenvalue weighted by molar-refractivity contribution is 9.10. The third-order valence-corrected chi connectivity index (χ3v) is 3.56. The predicted molar refractivity (Wildman–Crippen MR) is 82.8 cm³/mol. The average Bonchev–Trinajstić information content (AvgIpc) is 2.25. The second-order valence-electron chi connectivity index (χ2n) is 4.63. The first-order chi connectivity index (χ1) is 7.91. The molecule has 0 bridgehead atoms. The van der Waals surface area contributed by atoms with Crippen molar-refractivity contribution in [3.05, 3.63) is 28.2 Å². The molecule has 0 amide bonds. The van der Waals surface area contributed by atoms with E-state index >= 15 is 0 Å². The molecule has 0 aliphatic carbocycles. The Balaban J connectivity index is 2.81. The molecule has 0 heterocycles. The summed E-state index contributed by atoms with van der Waals surface area (Å²) in [5.41, 5.74) is 7.67. The molecule has 0 unspecified atom stereocenters. The minimum absolute atomic E-state index is 0.432. The van der Waals surface area contributed by atoms with E-state index in [1.165, 1.54) is 12.1 Å². The van der Waals surface area contributed by atoms with Crippen molar-refractivity contribution in [2.45, 2.75) is 20.3 Å². The Bertz CT molecular complexity index is 404. The molecular weight excluding hydrogens is 296 g/mol. The van der Waals surface area contributed by atoms with Crippen molar-refractivity contribution in [1.29, 1.82) is 0 Å². The van der Waals surface area contributed by atoms with E-state index in [-0.39, 0.29) is 0 Å². The third kappa shape index (κ3) is 4.28. The lowest BCUT2D eigenvalue weighted by molar-refractivity contribution is 0.585. The van der Waals surface area contributed by atoms with Crippen LogP contribution in [0.2, 0.25) is 0 Å². The first kappa shape index (κ1) is 14.5. The largest absolute Gasteiger partial charge is 0.389 e. The summed E-state index contributed by atoms with van der Waals surface area (Å²) >= 11 is 8.53. The molecule has 17 heavy (non-hydrogen) atoms. The fourth-order valence-corrected chi connectivity index (χ4v) is 2.35. The number of nitrogens with two attached hydrogens (primary N) is 1. The minimum Gasteiger partial charge on any atom is -0.389 e. The van der Waals surface area contributed by atoms with Gasteiger partial charge >= 0.3 is 0 Å². The fraction of sp³-hybridized carbons (Fsp3) is 0.462. The van der Waals surface area contributed by atoms with Crippen LogP contribution in [-0.2, 0) is 0 Å². The number of anilines is 1. The van der Waals surface area contributed by atoms with Gasteiger partial charge < -0.3 is 10.6 Å². The Labute approximate surface area is 117 Å². The highest BCUT2D eigenvalue weighted by Crippen LogP contribution is 2.27. The lowest BCUT2D eigenvalue weighted by Crippen LogP contribution is -2.20. The molecule has 1 aromatic rings. The first-order valence-electron chi connectivity index (χ1n) is 5.72. The van der Waals surface area contributed by atoms with Crippen LogP contribution in [0.5, 0.6) is 0 Å². The first-order valence-corrected chi connectivity index (χ1v) is 6.92. The summed E-state index contributed by atoms with van der Waals surface area (Å²) in [5.74, 6) is 0.715. The maximum atomic E-state index is 5.60. The zero-order valence-electron chi connectivity index (χ0n) is 10.5. The second-order valence-corrected chi connectivity index (χ2v) is 5.93. The fourth-order valence-electron chi connectivity index (χ4n) is 1.54. The Morgan fingerprint density at radius 2 is 2.12 bits per heavy atom. The summed E-state index contributed by atoms with van der Waals surface area (Å²) in [4.78, 5) is 2.68. The molecule has 0 saturated carbocycles. The molecule has 0 aliphatic rings. The van der Waals surface area contributed by atoms with Crippen molar-refractivity contribution in [1.82, 2.24) is 0 Å². The molecule has 1 aromatic carbocycles. The van der Waals surface area contributed by atoms with Crippen molar-refractivity contribution in [3.63, 3.8) is 0 Å². The van der Waals surface area contributed by atoms with Gasteiger partial charge in [-0.1, -0.05) is 26.1 Å². The number of benzene rings is 1. The van der Waals surface area contributed by atoms with Gasteiger partial charge in [-0.05, 0) is 46.5 Å². The minimum atomic E-state index is 0.432. The van der Waals surface area contributed by atoms with Gasteiger partial charge in [0.15, 0.2) is 0 Å². The molecule has 0 fully saturated rings. The summed E-state index contributed by atoms with van der Waals surface area (Å²) in [6.07, 6.45) is 1.18. The van der Waals surface area contributed by atoms with Gasteiger partial charge in [-0.2, -0.15) is 0 Å². The monoisotopic (exact) mass is 314 g/mol. The van der Waals surface area contributed by atoms with Gasteiger partial charge in [-0.15, -0.1) is 0 Å². The number of hydrogen-bond donors (Lipinski definition) is 1. The number of halogens is 1. The maximum Gasteiger partial charge on any atom is 0.104 e. The van der Waals surface area contributed by atoms with Gasteiger partial charge in [0.1, 0.15) is 4.99 Å².